The monoisotopic (exact) mass is 508 g/mol. The fourth-order valence-electron chi connectivity index (χ4n) is 2.45. The van der Waals surface area contributed by atoms with Gasteiger partial charge < -0.3 is 9.73 Å². The van der Waals surface area contributed by atoms with Crippen molar-refractivity contribution in [1.29, 1.82) is 0 Å². The van der Waals surface area contributed by atoms with Gasteiger partial charge in [0, 0.05) is 17.8 Å². The van der Waals surface area contributed by atoms with Crippen molar-refractivity contribution in [3.05, 3.63) is 64.0 Å². The molecule has 0 unspecified atom stereocenters. The van der Waals surface area contributed by atoms with Gasteiger partial charge in [-0.05, 0) is 42.3 Å². The summed E-state index contributed by atoms with van der Waals surface area (Å²) >= 11 is 11.8. The minimum absolute atomic E-state index is 0.106. The number of rotatable bonds is 7. The van der Waals surface area contributed by atoms with Crippen LogP contribution in [0.1, 0.15) is 16.2 Å². The van der Waals surface area contributed by atoms with Crippen molar-refractivity contribution < 1.29 is 30.8 Å². The third-order valence-corrected chi connectivity index (χ3v) is 5.82. The average molecular weight is 509 g/mol. The maximum atomic E-state index is 12.5. The number of alkyl halides is 3. The second-order valence-electron chi connectivity index (χ2n) is 6.30. The van der Waals surface area contributed by atoms with Crippen LogP contribution in [0.25, 0.3) is 11.5 Å². The third-order valence-electron chi connectivity index (χ3n) is 3.97. The van der Waals surface area contributed by atoms with E-state index in [1.54, 1.807) is 18.2 Å². The molecule has 1 heterocycles. The molecule has 0 aliphatic rings. The van der Waals surface area contributed by atoms with Gasteiger partial charge in [-0.2, -0.15) is 21.6 Å². The third kappa shape index (κ3) is 5.69. The quantitative estimate of drug-likeness (QED) is 0.492. The smallest absolute Gasteiger partial charge is 0.412 e. The molecule has 0 bridgehead atoms. The Balaban J connectivity index is 1.65. The molecule has 0 spiro atoms. The summed E-state index contributed by atoms with van der Waals surface area (Å²) in [6.45, 7) is 0.225. The molecule has 0 saturated carbocycles. The fraction of sp³-hybridized carbons (Fsp3) is 0.167. The minimum atomic E-state index is -5.59. The van der Waals surface area contributed by atoms with Gasteiger partial charge in [0.2, 0.25) is 5.89 Å². The summed E-state index contributed by atoms with van der Waals surface area (Å²) in [5.41, 5.74) is -4.90. The van der Waals surface area contributed by atoms with E-state index in [4.69, 9.17) is 27.6 Å². The van der Waals surface area contributed by atoms with E-state index >= 15 is 0 Å². The van der Waals surface area contributed by atoms with E-state index in [2.05, 4.69) is 15.5 Å². The summed E-state index contributed by atoms with van der Waals surface area (Å²) in [6.07, 6.45) is 0.449. The Morgan fingerprint density at radius 3 is 2.50 bits per heavy atom. The van der Waals surface area contributed by atoms with Crippen molar-refractivity contribution in [1.82, 2.24) is 15.5 Å². The van der Waals surface area contributed by atoms with Crippen molar-refractivity contribution >= 4 is 44.8 Å². The van der Waals surface area contributed by atoms with Gasteiger partial charge in [-0.15, -0.1) is 10.2 Å². The molecule has 0 fully saturated rings. The molecule has 0 saturated heterocycles. The number of anilines is 1. The SMILES string of the molecule is O=C(NCCc1ccc(Cl)c(Cl)c1)c1nnc(-c2cccc(NS(=O)(=O)C(F)(F)F)c2)o1. The Bertz CT molecular complexity index is 1250. The lowest BCUT2D eigenvalue weighted by Gasteiger charge is -2.10. The molecule has 2 aromatic carbocycles. The van der Waals surface area contributed by atoms with Crippen molar-refractivity contribution in [3.8, 4) is 11.5 Å². The molecule has 1 aromatic heterocycles. The van der Waals surface area contributed by atoms with Gasteiger partial charge in [0.25, 0.3) is 0 Å². The Morgan fingerprint density at radius 1 is 1.06 bits per heavy atom. The maximum absolute atomic E-state index is 12.5. The van der Waals surface area contributed by atoms with E-state index in [1.807, 2.05) is 0 Å². The van der Waals surface area contributed by atoms with Gasteiger partial charge >= 0.3 is 27.3 Å². The second-order valence-corrected chi connectivity index (χ2v) is 8.79. The molecule has 32 heavy (non-hydrogen) atoms. The lowest BCUT2D eigenvalue weighted by atomic mass is 10.1. The zero-order chi connectivity index (χ0) is 23.5. The highest BCUT2D eigenvalue weighted by Crippen LogP contribution is 2.28. The van der Waals surface area contributed by atoms with E-state index in [9.17, 15) is 26.4 Å². The molecule has 3 aromatic rings. The summed E-state index contributed by atoms with van der Waals surface area (Å²) in [7, 11) is -5.59. The first-order chi connectivity index (χ1) is 15.0. The number of benzene rings is 2. The summed E-state index contributed by atoms with van der Waals surface area (Å²) in [4.78, 5) is 12.2. The van der Waals surface area contributed by atoms with Gasteiger partial charge in [0.1, 0.15) is 0 Å². The van der Waals surface area contributed by atoms with E-state index < -0.39 is 21.4 Å². The van der Waals surface area contributed by atoms with Crippen LogP contribution in [0.5, 0.6) is 0 Å². The second kappa shape index (κ2) is 9.35. The molecular weight excluding hydrogens is 496 g/mol. The standard InChI is InChI=1S/C18H13Cl2F3N4O4S/c19-13-5-4-10(8-14(13)20)6-7-24-15(28)17-26-25-16(31-17)11-2-1-3-12(9-11)27-32(29,30)18(21,22)23/h1-5,8-9,27H,6-7H2,(H,24,28). The molecule has 0 radical (unpaired) electrons. The topological polar surface area (TPSA) is 114 Å². The Kier molecular flexibility index (Phi) is 6.96. The predicted molar refractivity (Wildman–Crippen MR) is 111 cm³/mol. The van der Waals surface area contributed by atoms with Gasteiger partial charge in [0.15, 0.2) is 0 Å². The highest BCUT2D eigenvalue weighted by atomic mass is 35.5. The van der Waals surface area contributed by atoms with Gasteiger partial charge in [-0.1, -0.05) is 35.3 Å². The largest absolute Gasteiger partial charge is 0.516 e. The number of nitrogens with one attached hydrogen (secondary N) is 2. The minimum Gasteiger partial charge on any atom is -0.412 e. The van der Waals surface area contributed by atoms with Crippen molar-refractivity contribution in [2.45, 2.75) is 11.9 Å². The average Bonchev–Trinajstić information content (AvgIpc) is 3.20. The lowest BCUT2D eigenvalue weighted by Crippen LogP contribution is -2.29. The zero-order valence-electron chi connectivity index (χ0n) is 15.8. The van der Waals surface area contributed by atoms with E-state index in [0.717, 1.165) is 17.7 Å². The van der Waals surface area contributed by atoms with Crippen molar-refractivity contribution in [3.63, 3.8) is 0 Å². The van der Waals surface area contributed by atoms with Crippen LogP contribution in [0.15, 0.2) is 46.9 Å². The summed E-state index contributed by atoms with van der Waals surface area (Å²) in [5, 5.41) is 10.6. The molecule has 170 valence electrons. The lowest BCUT2D eigenvalue weighted by molar-refractivity contribution is -0.0429. The summed E-state index contributed by atoms with van der Waals surface area (Å²) in [5.74, 6) is -1.24. The first-order valence-electron chi connectivity index (χ1n) is 8.71. The molecule has 0 atom stereocenters. The van der Waals surface area contributed by atoms with Gasteiger partial charge in [-0.25, -0.2) is 0 Å². The molecule has 8 nitrogen and oxygen atoms in total. The van der Waals surface area contributed by atoms with Crippen LogP contribution in [-0.4, -0.2) is 36.6 Å². The number of carbonyl (C=O) groups is 1. The van der Waals surface area contributed by atoms with Crippen LogP contribution in [0.2, 0.25) is 10.0 Å². The number of hydrogen-bond acceptors (Lipinski definition) is 6. The maximum Gasteiger partial charge on any atom is 0.516 e. The molecule has 0 aliphatic heterocycles. The summed E-state index contributed by atoms with van der Waals surface area (Å²) < 4.78 is 66.8. The highest BCUT2D eigenvalue weighted by Gasteiger charge is 2.46. The molecule has 3 rings (SSSR count). The van der Waals surface area contributed by atoms with Crippen LogP contribution in [-0.2, 0) is 16.4 Å². The van der Waals surface area contributed by atoms with E-state index in [1.165, 1.54) is 16.9 Å². The molecule has 1 amide bonds. The Morgan fingerprint density at radius 2 is 1.81 bits per heavy atom. The van der Waals surface area contributed by atoms with Crippen molar-refractivity contribution in [2.75, 3.05) is 11.3 Å². The Hall–Kier alpha value is -2.83. The summed E-state index contributed by atoms with van der Waals surface area (Å²) in [6, 6.07) is 9.90. The molecule has 14 heteroatoms. The Labute approximate surface area is 189 Å². The number of aromatic nitrogens is 2. The molecule has 2 N–H and O–H groups in total. The van der Waals surface area contributed by atoms with Gasteiger partial charge in [-0.3, -0.25) is 9.52 Å². The number of hydrogen-bond donors (Lipinski definition) is 2. The van der Waals surface area contributed by atoms with E-state index in [0.29, 0.717) is 16.5 Å². The van der Waals surface area contributed by atoms with Crippen LogP contribution in [0.3, 0.4) is 0 Å². The fourth-order valence-corrected chi connectivity index (χ4v) is 3.33. The van der Waals surface area contributed by atoms with Crippen LogP contribution in [0, 0.1) is 0 Å². The molecule has 0 aliphatic carbocycles. The van der Waals surface area contributed by atoms with Crippen LogP contribution < -0.4 is 10.0 Å². The normalized spacial score (nSPS) is 11.9. The molecular formula is C18H13Cl2F3N4O4S. The predicted octanol–water partition coefficient (Wildman–Crippen LogP) is 4.28. The zero-order valence-corrected chi connectivity index (χ0v) is 18.1. The van der Waals surface area contributed by atoms with E-state index in [-0.39, 0.29) is 29.6 Å². The number of halogens is 5. The highest BCUT2D eigenvalue weighted by molar-refractivity contribution is 7.93. The first kappa shape index (κ1) is 23.8. The number of sulfonamides is 1. The number of nitrogens with zero attached hydrogens (tertiary/aromatic N) is 2. The van der Waals surface area contributed by atoms with Gasteiger partial charge in [0.05, 0.1) is 10.0 Å². The number of amides is 1. The number of carbonyl (C=O) groups excluding carboxylic acids is 1. The van der Waals surface area contributed by atoms with Crippen molar-refractivity contribution in [2.24, 2.45) is 0 Å². The van der Waals surface area contributed by atoms with Crippen LogP contribution >= 0.6 is 23.2 Å². The van der Waals surface area contributed by atoms with Crippen LogP contribution in [0.4, 0.5) is 18.9 Å². The first-order valence-corrected chi connectivity index (χ1v) is 11.0.